The largest absolute Gasteiger partial charge is 0.361 e. The molecule has 0 unspecified atom stereocenters. The van der Waals surface area contributed by atoms with Gasteiger partial charge in [-0.05, 0) is 27.6 Å². The average molecular weight is 291 g/mol. The molecule has 0 spiro atoms. The van der Waals surface area contributed by atoms with Crippen LogP contribution in [0.1, 0.15) is 5.56 Å². The lowest BCUT2D eigenvalue weighted by Gasteiger charge is -2.07. The molecule has 3 aromatic rings. The number of amides is 2. The first-order valence-electron chi connectivity index (χ1n) is 6.70. The van der Waals surface area contributed by atoms with Gasteiger partial charge in [0.15, 0.2) is 0 Å². The Labute approximate surface area is 126 Å². The zero-order valence-corrected chi connectivity index (χ0v) is 11.6. The van der Waals surface area contributed by atoms with Gasteiger partial charge < -0.3 is 5.73 Å². The van der Waals surface area contributed by atoms with Gasteiger partial charge in [-0.3, -0.25) is 9.59 Å². The highest BCUT2D eigenvalue weighted by atomic mass is 16.2. The van der Waals surface area contributed by atoms with E-state index >= 15 is 0 Å². The van der Waals surface area contributed by atoms with Crippen molar-refractivity contribution in [1.82, 2.24) is 5.43 Å². The van der Waals surface area contributed by atoms with Crippen LogP contribution in [0.2, 0.25) is 0 Å². The SMILES string of the molecule is NC(=O)C(=O)N/N=C\c1c2ccccc2cc2ccccc12. The van der Waals surface area contributed by atoms with Crippen LogP contribution in [0.15, 0.2) is 59.7 Å². The maximum Gasteiger partial charge on any atom is 0.329 e. The van der Waals surface area contributed by atoms with E-state index in [0.717, 1.165) is 27.1 Å². The zero-order chi connectivity index (χ0) is 15.5. The monoisotopic (exact) mass is 291 g/mol. The molecule has 0 aliphatic rings. The van der Waals surface area contributed by atoms with Crippen molar-refractivity contribution in [1.29, 1.82) is 0 Å². The highest BCUT2D eigenvalue weighted by molar-refractivity contribution is 6.34. The molecule has 0 aromatic heterocycles. The van der Waals surface area contributed by atoms with E-state index in [1.54, 1.807) is 0 Å². The normalized spacial score (nSPS) is 11.1. The summed E-state index contributed by atoms with van der Waals surface area (Å²) in [5.74, 6) is -2.01. The Balaban J connectivity index is 2.14. The average Bonchev–Trinajstić information content (AvgIpc) is 2.53. The van der Waals surface area contributed by atoms with Gasteiger partial charge in [-0.25, -0.2) is 5.43 Å². The molecule has 5 nitrogen and oxygen atoms in total. The fourth-order valence-electron chi connectivity index (χ4n) is 2.40. The molecule has 3 rings (SSSR count). The van der Waals surface area contributed by atoms with E-state index in [1.807, 2.05) is 48.5 Å². The predicted molar refractivity (Wildman–Crippen MR) is 86.4 cm³/mol. The first-order chi connectivity index (χ1) is 10.7. The molecule has 5 heteroatoms. The Hall–Kier alpha value is -3.21. The molecule has 0 radical (unpaired) electrons. The van der Waals surface area contributed by atoms with E-state index in [1.165, 1.54) is 6.21 Å². The number of nitrogens with one attached hydrogen (secondary N) is 1. The van der Waals surface area contributed by atoms with Crippen molar-refractivity contribution in [3.8, 4) is 0 Å². The van der Waals surface area contributed by atoms with E-state index < -0.39 is 11.8 Å². The van der Waals surface area contributed by atoms with Gasteiger partial charge in [0.2, 0.25) is 0 Å². The molecular weight excluding hydrogens is 278 g/mol. The Morgan fingerprint density at radius 1 is 0.955 bits per heavy atom. The molecule has 0 saturated heterocycles. The molecule has 0 atom stereocenters. The summed E-state index contributed by atoms with van der Waals surface area (Å²) >= 11 is 0. The Bertz CT molecular complexity index is 862. The number of hydrogen-bond donors (Lipinski definition) is 2. The minimum atomic E-state index is -1.07. The molecule has 0 aliphatic carbocycles. The number of primary amides is 1. The van der Waals surface area contributed by atoms with E-state index in [4.69, 9.17) is 5.73 Å². The lowest BCUT2D eigenvalue weighted by Crippen LogP contribution is -2.32. The predicted octanol–water partition coefficient (Wildman–Crippen LogP) is 1.93. The minimum absolute atomic E-state index is 0.874. The van der Waals surface area contributed by atoms with Crippen LogP contribution in [0.25, 0.3) is 21.5 Å². The van der Waals surface area contributed by atoms with Crippen molar-refractivity contribution in [2.75, 3.05) is 0 Å². The summed E-state index contributed by atoms with van der Waals surface area (Å²) in [7, 11) is 0. The maximum absolute atomic E-state index is 11.2. The van der Waals surface area contributed by atoms with Crippen molar-refractivity contribution in [2.24, 2.45) is 10.8 Å². The van der Waals surface area contributed by atoms with E-state index in [0.29, 0.717) is 0 Å². The van der Waals surface area contributed by atoms with Gasteiger partial charge in [-0.15, -0.1) is 0 Å². The fourth-order valence-corrected chi connectivity index (χ4v) is 2.40. The van der Waals surface area contributed by atoms with E-state index in [-0.39, 0.29) is 0 Å². The number of hydrazone groups is 1. The molecule has 0 fully saturated rings. The number of nitrogens with two attached hydrogens (primary N) is 1. The molecule has 108 valence electrons. The minimum Gasteiger partial charge on any atom is -0.361 e. The summed E-state index contributed by atoms with van der Waals surface area (Å²) in [6.45, 7) is 0. The zero-order valence-electron chi connectivity index (χ0n) is 11.6. The van der Waals surface area contributed by atoms with Crippen molar-refractivity contribution in [3.63, 3.8) is 0 Å². The lowest BCUT2D eigenvalue weighted by molar-refractivity contribution is -0.137. The second kappa shape index (κ2) is 5.65. The Morgan fingerprint density at radius 2 is 1.50 bits per heavy atom. The van der Waals surface area contributed by atoms with Crippen molar-refractivity contribution < 1.29 is 9.59 Å². The van der Waals surface area contributed by atoms with Gasteiger partial charge in [0.25, 0.3) is 0 Å². The molecule has 3 aromatic carbocycles. The first-order valence-corrected chi connectivity index (χ1v) is 6.70. The van der Waals surface area contributed by atoms with Crippen LogP contribution < -0.4 is 11.2 Å². The van der Waals surface area contributed by atoms with Crippen molar-refractivity contribution in [2.45, 2.75) is 0 Å². The molecular formula is C17H13N3O2. The van der Waals surface area contributed by atoms with Gasteiger partial charge in [0, 0.05) is 5.56 Å². The number of rotatable bonds is 2. The van der Waals surface area contributed by atoms with Crippen LogP contribution in [0.5, 0.6) is 0 Å². The van der Waals surface area contributed by atoms with E-state index in [2.05, 4.69) is 16.6 Å². The van der Waals surface area contributed by atoms with Crippen LogP contribution in [-0.2, 0) is 9.59 Å². The van der Waals surface area contributed by atoms with Gasteiger partial charge in [0.05, 0.1) is 6.21 Å². The second-order valence-corrected chi connectivity index (χ2v) is 4.80. The van der Waals surface area contributed by atoms with E-state index in [9.17, 15) is 9.59 Å². The third-order valence-corrected chi connectivity index (χ3v) is 3.40. The van der Waals surface area contributed by atoms with Crippen LogP contribution in [0, 0.1) is 0 Å². The molecule has 3 N–H and O–H groups in total. The summed E-state index contributed by atoms with van der Waals surface area (Å²) in [6.07, 6.45) is 1.53. The molecule has 0 saturated carbocycles. The van der Waals surface area contributed by atoms with Gasteiger partial charge >= 0.3 is 11.8 Å². The molecule has 2 amide bonds. The standard InChI is InChI=1S/C17H13N3O2/c18-16(21)17(22)20-19-10-15-13-7-3-1-5-11(13)9-12-6-2-4-8-14(12)15/h1-10H,(H2,18,21)(H,20,22)/b19-10-. The van der Waals surface area contributed by atoms with Crippen molar-refractivity contribution >= 4 is 39.6 Å². The van der Waals surface area contributed by atoms with Gasteiger partial charge in [0.1, 0.15) is 0 Å². The van der Waals surface area contributed by atoms with Crippen molar-refractivity contribution in [3.05, 3.63) is 60.2 Å². The number of benzene rings is 3. The topological polar surface area (TPSA) is 84.5 Å². The van der Waals surface area contributed by atoms with Crippen LogP contribution >= 0.6 is 0 Å². The highest BCUT2D eigenvalue weighted by Crippen LogP contribution is 2.27. The quantitative estimate of drug-likeness (QED) is 0.327. The number of carbonyl (C=O) groups is 2. The number of carbonyl (C=O) groups excluding carboxylic acids is 2. The van der Waals surface area contributed by atoms with Gasteiger partial charge in [-0.2, -0.15) is 5.10 Å². The van der Waals surface area contributed by atoms with Crippen LogP contribution in [0.4, 0.5) is 0 Å². The third kappa shape index (κ3) is 2.52. The number of hydrogen-bond acceptors (Lipinski definition) is 3. The third-order valence-electron chi connectivity index (χ3n) is 3.40. The number of fused-ring (bicyclic) bond motifs is 2. The van der Waals surface area contributed by atoms with Gasteiger partial charge in [-0.1, -0.05) is 48.5 Å². The highest BCUT2D eigenvalue weighted by Gasteiger charge is 2.07. The fraction of sp³-hybridized carbons (Fsp3) is 0. The first kappa shape index (κ1) is 13.8. The van der Waals surface area contributed by atoms with Crippen LogP contribution in [0.3, 0.4) is 0 Å². The Morgan fingerprint density at radius 3 is 2.05 bits per heavy atom. The lowest BCUT2D eigenvalue weighted by atomic mass is 9.97. The molecule has 0 heterocycles. The number of nitrogens with zero attached hydrogens (tertiary/aromatic N) is 1. The second-order valence-electron chi connectivity index (χ2n) is 4.80. The molecule has 22 heavy (non-hydrogen) atoms. The maximum atomic E-state index is 11.2. The molecule has 0 aliphatic heterocycles. The summed E-state index contributed by atoms with van der Waals surface area (Å²) in [6, 6.07) is 17.9. The summed E-state index contributed by atoms with van der Waals surface area (Å²) in [5.41, 5.74) is 7.86. The molecule has 0 bridgehead atoms. The Kier molecular flexibility index (Phi) is 3.53. The smallest absolute Gasteiger partial charge is 0.329 e. The summed E-state index contributed by atoms with van der Waals surface area (Å²) in [5, 5.41) is 8.01. The summed E-state index contributed by atoms with van der Waals surface area (Å²) in [4.78, 5) is 21.9. The summed E-state index contributed by atoms with van der Waals surface area (Å²) < 4.78 is 0. The van der Waals surface area contributed by atoms with Crippen LogP contribution in [-0.4, -0.2) is 18.0 Å².